The molecule has 0 saturated heterocycles. The van der Waals surface area contributed by atoms with Gasteiger partial charge >= 0.3 is 10.3 Å². The van der Waals surface area contributed by atoms with Crippen molar-refractivity contribution in [2.45, 2.75) is 25.9 Å². The molecule has 1 aromatic rings. The van der Waals surface area contributed by atoms with Crippen LogP contribution in [0, 0.1) is 0 Å². The summed E-state index contributed by atoms with van der Waals surface area (Å²) < 4.78 is 33.0. The molecule has 0 bridgehead atoms. The number of fused-ring (bicyclic) bond motifs is 1. The van der Waals surface area contributed by atoms with Crippen LogP contribution in [0.5, 0.6) is 0 Å². The van der Waals surface area contributed by atoms with Crippen LogP contribution >= 0.6 is 0 Å². The van der Waals surface area contributed by atoms with E-state index in [4.69, 9.17) is 0 Å². The number of rotatable bonds is 5. The summed E-state index contributed by atoms with van der Waals surface area (Å²) >= 11 is 0. The fraction of sp³-hybridized carbons (Fsp3) is 0.455. The van der Waals surface area contributed by atoms with Crippen molar-refractivity contribution in [3.05, 3.63) is 24.3 Å². The Hall–Kier alpha value is -1.35. The first-order valence-corrected chi connectivity index (χ1v) is 7.42. The zero-order valence-electron chi connectivity index (χ0n) is 10.5. The molecule has 2 rings (SSSR count). The van der Waals surface area contributed by atoms with E-state index in [9.17, 15) is 18.1 Å². The van der Waals surface area contributed by atoms with Crippen LogP contribution in [-0.2, 0) is 10.3 Å². The second-order valence-corrected chi connectivity index (χ2v) is 5.62. The lowest BCUT2D eigenvalue weighted by atomic mass is 10.2. The van der Waals surface area contributed by atoms with Gasteiger partial charge in [0, 0.05) is 0 Å². The number of hydrogen-bond acceptors (Lipinski definition) is 5. The molecule has 19 heavy (non-hydrogen) atoms. The highest BCUT2D eigenvalue weighted by atomic mass is 32.2. The number of β-amino-alcohol motifs (C(OH)–C–C–N with tert-alkyl or cyclic N) is 1. The Kier molecular flexibility index (Phi) is 3.95. The molecule has 0 radical (unpaired) electrons. The molecule has 1 atom stereocenters. The number of nitrogens with zero attached hydrogens (tertiary/aromatic N) is 2. The second kappa shape index (κ2) is 5.33. The van der Waals surface area contributed by atoms with Crippen molar-refractivity contribution in [1.82, 2.24) is 5.12 Å². The van der Waals surface area contributed by atoms with Gasteiger partial charge in [0.2, 0.25) is 0 Å². The predicted octanol–water partition coefficient (Wildman–Crippen LogP) is 1.01. The Morgan fingerprint density at radius 3 is 2.68 bits per heavy atom. The lowest BCUT2D eigenvalue weighted by Gasteiger charge is -2.27. The molecule has 7 nitrogen and oxygen atoms in total. The van der Waals surface area contributed by atoms with E-state index < -0.39 is 16.4 Å². The monoisotopic (exact) mass is 287 g/mol. The summed E-state index contributed by atoms with van der Waals surface area (Å²) in [5.41, 5.74) is 3.73. The highest BCUT2D eigenvalue weighted by Gasteiger charge is 2.35. The minimum atomic E-state index is -4.44. The molecule has 1 aliphatic heterocycles. The number of aliphatic hydroxyl groups is 1. The highest BCUT2D eigenvalue weighted by molar-refractivity contribution is 7.87. The zero-order chi connectivity index (χ0) is 14.0. The summed E-state index contributed by atoms with van der Waals surface area (Å²) in [7, 11) is -4.44. The van der Waals surface area contributed by atoms with Crippen LogP contribution in [0.1, 0.15) is 19.8 Å². The van der Waals surface area contributed by atoms with Gasteiger partial charge in [-0.3, -0.25) is 9.98 Å². The quantitative estimate of drug-likeness (QED) is 0.700. The van der Waals surface area contributed by atoms with Gasteiger partial charge in [0.1, 0.15) is 0 Å². The first-order valence-electron chi connectivity index (χ1n) is 6.02. The van der Waals surface area contributed by atoms with Crippen molar-refractivity contribution in [2.24, 2.45) is 0 Å². The third-order valence-corrected chi connectivity index (χ3v) is 3.63. The number of nitrogens with one attached hydrogen (secondary N) is 1. The maximum atomic E-state index is 11.5. The molecule has 0 aromatic heterocycles. The van der Waals surface area contributed by atoms with Crippen LogP contribution in [0.25, 0.3) is 0 Å². The minimum absolute atomic E-state index is 0.0578. The van der Waals surface area contributed by atoms with Crippen LogP contribution in [0.15, 0.2) is 24.3 Å². The van der Waals surface area contributed by atoms with Crippen LogP contribution < -0.4 is 9.84 Å². The maximum absolute atomic E-state index is 11.5. The highest BCUT2D eigenvalue weighted by Crippen LogP contribution is 2.35. The molecule has 0 amide bonds. The van der Waals surface area contributed by atoms with Gasteiger partial charge < -0.3 is 5.11 Å². The van der Waals surface area contributed by atoms with Gasteiger partial charge in [0.15, 0.2) is 0 Å². The summed E-state index contributed by atoms with van der Waals surface area (Å²) in [6, 6.07) is 6.69. The van der Waals surface area contributed by atoms with Crippen molar-refractivity contribution >= 4 is 21.7 Å². The van der Waals surface area contributed by atoms with Crippen LogP contribution in [0.4, 0.5) is 11.4 Å². The molecule has 0 saturated carbocycles. The third-order valence-electron chi connectivity index (χ3n) is 2.80. The number of hydrazine groups is 2. The Morgan fingerprint density at radius 2 is 2.05 bits per heavy atom. The molecule has 1 aliphatic rings. The molecule has 0 aliphatic carbocycles. The van der Waals surface area contributed by atoms with Crippen LogP contribution in [-0.4, -0.2) is 35.8 Å². The molecule has 0 fully saturated rings. The summed E-state index contributed by atoms with van der Waals surface area (Å²) in [5, 5.41) is 11.0. The average Bonchev–Trinajstić information content (AvgIpc) is 2.66. The lowest BCUT2D eigenvalue weighted by molar-refractivity contribution is 0.121. The number of para-hydroxylation sites is 2. The smallest absolute Gasteiger partial charge is 0.375 e. The normalized spacial score (nSPS) is 17.1. The maximum Gasteiger partial charge on any atom is 0.375 e. The van der Waals surface area contributed by atoms with Gasteiger partial charge in [-0.25, -0.2) is 0 Å². The van der Waals surface area contributed by atoms with Gasteiger partial charge in [0.05, 0.1) is 24.0 Å². The van der Waals surface area contributed by atoms with Crippen LogP contribution in [0.3, 0.4) is 0 Å². The van der Waals surface area contributed by atoms with Crippen molar-refractivity contribution in [2.75, 3.05) is 16.4 Å². The van der Waals surface area contributed by atoms with Crippen molar-refractivity contribution in [3.63, 3.8) is 0 Å². The molecule has 1 heterocycles. The second-order valence-electron chi connectivity index (χ2n) is 4.37. The van der Waals surface area contributed by atoms with E-state index in [-0.39, 0.29) is 6.54 Å². The zero-order valence-corrected chi connectivity index (χ0v) is 11.3. The average molecular weight is 287 g/mol. The first kappa shape index (κ1) is 14.1. The van der Waals surface area contributed by atoms with Gasteiger partial charge in [-0.1, -0.05) is 25.5 Å². The van der Waals surface area contributed by atoms with E-state index >= 15 is 0 Å². The molecule has 0 spiro atoms. The number of hydrogen-bond donors (Lipinski definition) is 3. The number of benzene rings is 1. The molecule has 106 valence electrons. The predicted molar refractivity (Wildman–Crippen MR) is 71.7 cm³/mol. The summed E-state index contributed by atoms with van der Waals surface area (Å²) in [6.07, 6.45) is 0.651. The fourth-order valence-corrected chi connectivity index (χ4v) is 2.81. The number of anilines is 2. The Labute approximate surface area is 112 Å². The molecular formula is C11H17N3O4S. The minimum Gasteiger partial charge on any atom is -0.392 e. The van der Waals surface area contributed by atoms with Crippen molar-refractivity contribution in [1.29, 1.82) is 0 Å². The Morgan fingerprint density at radius 1 is 1.37 bits per heavy atom. The van der Waals surface area contributed by atoms with E-state index in [0.29, 0.717) is 17.8 Å². The van der Waals surface area contributed by atoms with Gasteiger partial charge in [-0.15, -0.1) is 5.12 Å². The van der Waals surface area contributed by atoms with Crippen molar-refractivity contribution < 1.29 is 18.1 Å². The topological polar surface area (TPSA) is 93.1 Å². The number of aliphatic hydroxyl groups excluding tert-OH is 1. The van der Waals surface area contributed by atoms with E-state index in [1.165, 1.54) is 5.12 Å². The summed E-state index contributed by atoms with van der Waals surface area (Å²) in [5.74, 6) is 0. The van der Waals surface area contributed by atoms with E-state index in [2.05, 4.69) is 5.43 Å². The third kappa shape index (κ3) is 2.98. The van der Waals surface area contributed by atoms with Gasteiger partial charge in [-0.2, -0.15) is 12.8 Å². The van der Waals surface area contributed by atoms with Gasteiger partial charge in [-0.05, 0) is 18.6 Å². The van der Waals surface area contributed by atoms with Gasteiger partial charge in [0.25, 0.3) is 0 Å². The molecule has 3 N–H and O–H groups in total. The molecule has 1 aromatic carbocycles. The van der Waals surface area contributed by atoms with E-state index in [1.807, 2.05) is 6.92 Å². The first-order chi connectivity index (χ1) is 8.93. The van der Waals surface area contributed by atoms with Crippen molar-refractivity contribution in [3.8, 4) is 0 Å². The summed E-state index contributed by atoms with van der Waals surface area (Å²) in [6.45, 7) is 1.98. The molecule has 1 unspecified atom stereocenters. The molecular weight excluding hydrogens is 270 g/mol. The molecule has 8 heteroatoms. The Bertz CT molecular complexity index is 549. The Balaban J connectivity index is 2.27. The lowest BCUT2D eigenvalue weighted by Crippen LogP contribution is -2.48. The fourth-order valence-electron chi connectivity index (χ4n) is 2.04. The standard InChI is InChI=1S/C11H17N3O4S/c1-2-5-9(15)8-13-12-10-6-3-4-7-11(10)14(13)19(16,17)18/h3-4,6-7,9,12,15H,2,5,8H2,1H3,(H,16,17,18). The summed E-state index contributed by atoms with van der Waals surface area (Å²) in [4.78, 5) is 0. The van der Waals surface area contributed by atoms with E-state index in [0.717, 1.165) is 10.8 Å². The van der Waals surface area contributed by atoms with E-state index in [1.54, 1.807) is 24.3 Å². The largest absolute Gasteiger partial charge is 0.392 e. The SMILES string of the molecule is CCCC(O)CN1Nc2ccccc2N1S(=O)(=O)O. The van der Waals surface area contributed by atoms with Crippen LogP contribution in [0.2, 0.25) is 0 Å².